The average molecular weight is 387 g/mol. The maximum Gasteiger partial charge on any atom is 0.254 e. The van der Waals surface area contributed by atoms with Gasteiger partial charge in [-0.3, -0.25) is 4.79 Å². The summed E-state index contributed by atoms with van der Waals surface area (Å²) in [5.74, 6) is 2.38. The Morgan fingerprint density at radius 2 is 1.92 bits per heavy atom. The molecule has 1 aromatic carbocycles. The largest absolute Gasteiger partial charge is 0.490 e. The summed E-state index contributed by atoms with van der Waals surface area (Å²) < 4.78 is 6.02. The summed E-state index contributed by atoms with van der Waals surface area (Å²) in [7, 11) is 3.44. The third-order valence-corrected chi connectivity index (χ3v) is 5.51. The van der Waals surface area contributed by atoms with E-state index in [4.69, 9.17) is 16.3 Å². The van der Waals surface area contributed by atoms with Crippen LogP contribution in [0.1, 0.15) is 42.5 Å². The van der Waals surface area contributed by atoms with Crippen LogP contribution in [0.15, 0.2) is 18.2 Å². The van der Waals surface area contributed by atoms with Crippen molar-refractivity contribution in [2.45, 2.75) is 38.2 Å². The number of carbonyl (C=O) groups is 1. The maximum absolute atomic E-state index is 12.0. The van der Waals surface area contributed by atoms with Gasteiger partial charge in [0, 0.05) is 14.1 Å². The molecule has 140 valence electrons. The van der Waals surface area contributed by atoms with Crippen molar-refractivity contribution in [3.05, 3.63) is 28.8 Å². The van der Waals surface area contributed by atoms with Gasteiger partial charge in [-0.15, -0.1) is 12.4 Å². The molecule has 6 heteroatoms. The van der Waals surface area contributed by atoms with Crippen LogP contribution in [-0.4, -0.2) is 44.1 Å². The molecule has 0 atom stereocenters. The van der Waals surface area contributed by atoms with E-state index in [1.54, 1.807) is 26.2 Å². The normalized spacial score (nSPS) is 23.3. The minimum atomic E-state index is -0.0859. The van der Waals surface area contributed by atoms with Gasteiger partial charge >= 0.3 is 0 Å². The Hall–Kier alpha value is -0.970. The first kappa shape index (κ1) is 20.3. The molecule has 0 unspecified atom stereocenters. The molecule has 1 aromatic rings. The molecule has 0 bridgehead atoms. The minimum absolute atomic E-state index is 0. The summed E-state index contributed by atoms with van der Waals surface area (Å²) in [6, 6.07) is 5.37. The number of piperidine rings is 1. The molecule has 1 heterocycles. The van der Waals surface area contributed by atoms with Crippen molar-refractivity contribution in [3.8, 4) is 5.75 Å². The van der Waals surface area contributed by atoms with Gasteiger partial charge < -0.3 is 15.0 Å². The van der Waals surface area contributed by atoms with E-state index in [1.165, 1.54) is 37.3 Å². The molecular formula is C19H28Cl2N2O2. The quantitative estimate of drug-likeness (QED) is 0.830. The van der Waals surface area contributed by atoms with Crippen LogP contribution in [0.5, 0.6) is 5.75 Å². The first-order chi connectivity index (χ1) is 11.5. The maximum atomic E-state index is 12.0. The second kappa shape index (κ2) is 9.11. The lowest BCUT2D eigenvalue weighted by Crippen LogP contribution is -2.36. The van der Waals surface area contributed by atoms with Crippen LogP contribution in [0.25, 0.3) is 0 Å². The smallest absolute Gasteiger partial charge is 0.254 e. The van der Waals surface area contributed by atoms with Gasteiger partial charge in [-0.1, -0.05) is 11.6 Å². The highest BCUT2D eigenvalue weighted by atomic mass is 35.5. The molecule has 3 rings (SSSR count). The van der Waals surface area contributed by atoms with Gasteiger partial charge in [0.25, 0.3) is 5.91 Å². The third kappa shape index (κ3) is 5.25. The van der Waals surface area contributed by atoms with Crippen molar-refractivity contribution in [3.63, 3.8) is 0 Å². The van der Waals surface area contributed by atoms with Crippen LogP contribution in [0.4, 0.5) is 0 Å². The minimum Gasteiger partial charge on any atom is -0.490 e. The van der Waals surface area contributed by atoms with Crippen molar-refractivity contribution in [2.75, 3.05) is 27.2 Å². The lowest BCUT2D eigenvalue weighted by atomic mass is 9.75. The first-order valence-corrected chi connectivity index (χ1v) is 9.29. The van der Waals surface area contributed by atoms with E-state index in [0.29, 0.717) is 16.7 Å². The number of amides is 1. The fraction of sp³-hybridized carbons (Fsp3) is 0.632. The summed E-state index contributed by atoms with van der Waals surface area (Å²) in [6.07, 6.45) is 6.55. The number of hydrogen-bond acceptors (Lipinski definition) is 3. The second-order valence-corrected chi connectivity index (χ2v) is 7.75. The lowest BCUT2D eigenvalue weighted by Gasteiger charge is -2.38. The second-order valence-electron chi connectivity index (χ2n) is 7.35. The van der Waals surface area contributed by atoms with Gasteiger partial charge in [-0.05, 0) is 75.2 Å². The lowest BCUT2D eigenvalue weighted by molar-refractivity contribution is 0.0490. The molecule has 0 radical (unpaired) electrons. The molecule has 0 aromatic heterocycles. The van der Waals surface area contributed by atoms with E-state index in [0.717, 1.165) is 30.4 Å². The number of halogens is 2. The van der Waals surface area contributed by atoms with Crippen molar-refractivity contribution in [1.29, 1.82) is 0 Å². The van der Waals surface area contributed by atoms with Gasteiger partial charge in [-0.2, -0.15) is 0 Å². The third-order valence-electron chi connectivity index (χ3n) is 5.20. The van der Waals surface area contributed by atoms with Crippen molar-refractivity contribution >= 4 is 29.9 Å². The zero-order chi connectivity index (χ0) is 17.1. The molecule has 1 saturated carbocycles. The van der Waals surface area contributed by atoms with E-state index < -0.39 is 0 Å². The Morgan fingerprint density at radius 1 is 1.24 bits per heavy atom. The Balaban J connectivity index is 0.00000225. The first-order valence-electron chi connectivity index (χ1n) is 8.91. The molecule has 2 fully saturated rings. The van der Waals surface area contributed by atoms with Gasteiger partial charge in [0.15, 0.2) is 0 Å². The van der Waals surface area contributed by atoms with E-state index in [2.05, 4.69) is 5.32 Å². The van der Waals surface area contributed by atoms with Crippen molar-refractivity contribution < 1.29 is 9.53 Å². The predicted octanol–water partition coefficient (Wildman–Crippen LogP) is 4.01. The number of rotatable bonds is 5. The van der Waals surface area contributed by atoms with E-state index in [-0.39, 0.29) is 18.3 Å². The number of nitrogens with zero attached hydrogens (tertiary/aromatic N) is 1. The number of carbonyl (C=O) groups excluding carboxylic acids is 1. The van der Waals surface area contributed by atoms with Crippen LogP contribution >= 0.6 is 24.0 Å². The summed E-state index contributed by atoms with van der Waals surface area (Å²) in [5.41, 5.74) is 0.520. The Morgan fingerprint density at radius 3 is 2.52 bits per heavy atom. The molecule has 1 N–H and O–H groups in total. The number of nitrogens with one attached hydrogen (secondary N) is 1. The summed E-state index contributed by atoms with van der Waals surface area (Å²) in [5, 5.41) is 3.88. The van der Waals surface area contributed by atoms with Crippen LogP contribution in [0, 0.1) is 11.8 Å². The van der Waals surface area contributed by atoms with Gasteiger partial charge in [-0.25, -0.2) is 0 Å². The number of benzene rings is 1. The van der Waals surface area contributed by atoms with Crippen LogP contribution in [-0.2, 0) is 0 Å². The van der Waals surface area contributed by atoms with Crippen LogP contribution in [0.2, 0.25) is 5.02 Å². The highest BCUT2D eigenvalue weighted by Crippen LogP contribution is 2.38. The van der Waals surface area contributed by atoms with Gasteiger partial charge in [0.05, 0.1) is 16.7 Å². The SMILES string of the molecule is CN(C)C(=O)c1ccc(O[C@H]2C[C@@H](CC3CCNCC3)C2)cc1Cl.Cl. The summed E-state index contributed by atoms with van der Waals surface area (Å²) in [4.78, 5) is 13.5. The fourth-order valence-electron chi connectivity index (χ4n) is 3.73. The van der Waals surface area contributed by atoms with E-state index >= 15 is 0 Å². The van der Waals surface area contributed by atoms with Gasteiger partial charge in [0.2, 0.25) is 0 Å². The molecule has 1 amide bonds. The van der Waals surface area contributed by atoms with Gasteiger partial charge in [0.1, 0.15) is 5.75 Å². The molecular weight excluding hydrogens is 359 g/mol. The molecule has 1 aliphatic heterocycles. The molecule has 25 heavy (non-hydrogen) atoms. The molecule has 1 saturated heterocycles. The molecule has 2 aliphatic rings. The highest BCUT2D eigenvalue weighted by molar-refractivity contribution is 6.34. The van der Waals surface area contributed by atoms with Crippen molar-refractivity contribution in [2.24, 2.45) is 11.8 Å². The Kier molecular flexibility index (Phi) is 7.41. The Bertz CT molecular complexity index is 583. The topological polar surface area (TPSA) is 41.6 Å². The Labute approximate surface area is 161 Å². The fourth-order valence-corrected chi connectivity index (χ4v) is 3.98. The van der Waals surface area contributed by atoms with Crippen molar-refractivity contribution in [1.82, 2.24) is 10.2 Å². The zero-order valence-corrected chi connectivity index (χ0v) is 16.5. The standard InChI is InChI=1S/C19H27ClN2O2.ClH/c1-22(2)19(23)17-4-3-15(12-18(17)20)24-16-10-14(11-16)9-13-5-7-21-8-6-13;/h3-4,12-14,16,21H,5-11H2,1-2H3;1H/t14-,16+;. The molecule has 4 nitrogen and oxygen atoms in total. The zero-order valence-electron chi connectivity index (χ0n) is 15.0. The van der Waals surface area contributed by atoms with Crippen LogP contribution in [0.3, 0.4) is 0 Å². The predicted molar refractivity (Wildman–Crippen MR) is 104 cm³/mol. The monoisotopic (exact) mass is 386 g/mol. The summed E-state index contributed by atoms with van der Waals surface area (Å²) >= 11 is 6.24. The average Bonchev–Trinajstić information content (AvgIpc) is 2.53. The van der Waals surface area contributed by atoms with E-state index in [9.17, 15) is 4.79 Å². The molecule has 0 spiro atoms. The number of ether oxygens (including phenoxy) is 1. The highest BCUT2D eigenvalue weighted by Gasteiger charge is 2.33. The number of hydrogen-bond donors (Lipinski definition) is 1. The van der Waals surface area contributed by atoms with E-state index in [1.807, 2.05) is 6.07 Å². The summed E-state index contributed by atoms with van der Waals surface area (Å²) in [6.45, 7) is 2.35. The van der Waals surface area contributed by atoms with Crippen LogP contribution < -0.4 is 10.1 Å². The molecule has 1 aliphatic carbocycles.